The minimum absolute atomic E-state index is 0.261. The quantitative estimate of drug-likeness (QED) is 0.432. The van der Waals surface area contributed by atoms with E-state index in [-0.39, 0.29) is 5.88 Å². The SMILES string of the molecule is Nc1oc2ccccc2c(=S)c1C=NNc1ccccc1. The lowest BCUT2D eigenvalue weighted by atomic mass is 10.2. The average Bonchev–Trinajstić information content (AvgIpc) is 2.51. The fourth-order valence-corrected chi connectivity index (χ4v) is 2.30. The van der Waals surface area contributed by atoms with Gasteiger partial charge < -0.3 is 10.2 Å². The molecular weight excluding hydrogens is 282 g/mol. The summed E-state index contributed by atoms with van der Waals surface area (Å²) in [5.74, 6) is 0.261. The van der Waals surface area contributed by atoms with E-state index in [2.05, 4.69) is 10.5 Å². The van der Waals surface area contributed by atoms with Gasteiger partial charge in [0.2, 0.25) is 5.88 Å². The van der Waals surface area contributed by atoms with Crippen molar-refractivity contribution >= 4 is 41.0 Å². The summed E-state index contributed by atoms with van der Waals surface area (Å²) >= 11 is 5.45. The molecule has 0 bridgehead atoms. The largest absolute Gasteiger partial charge is 0.440 e. The number of para-hydroxylation sites is 2. The molecule has 3 rings (SSSR count). The van der Waals surface area contributed by atoms with Crippen molar-refractivity contribution in [1.82, 2.24) is 0 Å². The molecule has 0 saturated carbocycles. The first-order chi connectivity index (χ1) is 10.3. The summed E-state index contributed by atoms with van der Waals surface area (Å²) in [5.41, 5.74) is 11.0. The van der Waals surface area contributed by atoms with E-state index >= 15 is 0 Å². The van der Waals surface area contributed by atoms with Crippen molar-refractivity contribution < 1.29 is 4.42 Å². The molecule has 0 radical (unpaired) electrons. The minimum Gasteiger partial charge on any atom is -0.440 e. The Morgan fingerprint density at radius 2 is 1.76 bits per heavy atom. The van der Waals surface area contributed by atoms with Gasteiger partial charge in [0.15, 0.2) is 0 Å². The molecular formula is C16H13N3OS. The Hall–Kier alpha value is -2.66. The number of hydrogen-bond donors (Lipinski definition) is 2. The Morgan fingerprint density at radius 3 is 2.57 bits per heavy atom. The molecule has 0 unspecified atom stereocenters. The smallest absolute Gasteiger partial charge is 0.201 e. The second kappa shape index (κ2) is 5.76. The lowest BCUT2D eigenvalue weighted by Crippen LogP contribution is -1.97. The van der Waals surface area contributed by atoms with Gasteiger partial charge in [0.05, 0.1) is 22.0 Å². The Bertz CT molecular complexity index is 856. The molecule has 0 fully saturated rings. The van der Waals surface area contributed by atoms with Gasteiger partial charge in [-0.2, -0.15) is 5.10 Å². The Morgan fingerprint density at radius 1 is 1.05 bits per heavy atom. The zero-order chi connectivity index (χ0) is 14.7. The number of rotatable bonds is 3. The third kappa shape index (κ3) is 2.78. The fourth-order valence-electron chi connectivity index (χ4n) is 1.98. The normalized spacial score (nSPS) is 11.0. The van der Waals surface area contributed by atoms with E-state index in [1.165, 1.54) is 0 Å². The van der Waals surface area contributed by atoms with Crippen molar-refractivity contribution in [2.75, 3.05) is 11.2 Å². The van der Waals surface area contributed by atoms with Gasteiger partial charge in [-0.1, -0.05) is 42.5 Å². The Balaban J connectivity index is 1.95. The maximum Gasteiger partial charge on any atom is 0.201 e. The van der Waals surface area contributed by atoms with Crippen LogP contribution in [0.5, 0.6) is 0 Å². The second-order valence-electron chi connectivity index (χ2n) is 4.44. The number of nitrogens with zero attached hydrogens (tertiary/aromatic N) is 1. The van der Waals surface area contributed by atoms with Crippen LogP contribution in [0.2, 0.25) is 0 Å². The van der Waals surface area contributed by atoms with E-state index in [9.17, 15) is 0 Å². The van der Waals surface area contributed by atoms with Gasteiger partial charge in [-0.05, 0) is 24.3 Å². The molecule has 4 nitrogen and oxygen atoms in total. The minimum atomic E-state index is 0.261. The molecule has 0 spiro atoms. The van der Waals surface area contributed by atoms with Crippen LogP contribution in [0.25, 0.3) is 11.0 Å². The molecule has 0 saturated heterocycles. The molecule has 1 aromatic heterocycles. The highest BCUT2D eigenvalue weighted by atomic mass is 32.1. The van der Waals surface area contributed by atoms with Crippen LogP contribution in [0.15, 0.2) is 64.1 Å². The van der Waals surface area contributed by atoms with Gasteiger partial charge in [0.25, 0.3) is 0 Å². The number of nitrogens with two attached hydrogens (primary N) is 1. The van der Waals surface area contributed by atoms with E-state index in [1.54, 1.807) is 6.21 Å². The van der Waals surface area contributed by atoms with E-state index in [4.69, 9.17) is 22.4 Å². The molecule has 2 aromatic carbocycles. The van der Waals surface area contributed by atoms with Crippen LogP contribution in [0.4, 0.5) is 11.6 Å². The van der Waals surface area contributed by atoms with Gasteiger partial charge in [0, 0.05) is 5.39 Å². The highest BCUT2D eigenvalue weighted by Gasteiger charge is 2.06. The van der Waals surface area contributed by atoms with E-state index in [1.807, 2.05) is 54.6 Å². The number of hydrazone groups is 1. The summed E-state index contributed by atoms with van der Waals surface area (Å²) in [6.07, 6.45) is 1.58. The molecule has 5 heteroatoms. The number of nitrogens with one attached hydrogen (secondary N) is 1. The topological polar surface area (TPSA) is 63.5 Å². The molecule has 1 heterocycles. The molecule has 0 aliphatic heterocycles. The first kappa shape index (κ1) is 13.3. The summed E-state index contributed by atoms with van der Waals surface area (Å²) in [6.45, 7) is 0. The first-order valence-electron chi connectivity index (χ1n) is 6.41. The predicted octanol–water partition coefficient (Wildman–Crippen LogP) is 4.19. The Kier molecular flexibility index (Phi) is 3.66. The molecule has 3 N–H and O–H groups in total. The van der Waals surface area contributed by atoms with Gasteiger partial charge in [-0.3, -0.25) is 5.43 Å². The highest BCUT2D eigenvalue weighted by Crippen LogP contribution is 2.23. The molecule has 0 aliphatic carbocycles. The second-order valence-corrected chi connectivity index (χ2v) is 4.85. The van der Waals surface area contributed by atoms with E-state index in [0.717, 1.165) is 11.1 Å². The molecule has 0 amide bonds. The Labute approximate surface area is 126 Å². The van der Waals surface area contributed by atoms with Gasteiger partial charge in [0.1, 0.15) is 5.58 Å². The molecule has 0 atom stereocenters. The summed E-state index contributed by atoms with van der Waals surface area (Å²) in [7, 11) is 0. The van der Waals surface area contributed by atoms with E-state index in [0.29, 0.717) is 15.7 Å². The van der Waals surface area contributed by atoms with Crippen molar-refractivity contribution in [3.63, 3.8) is 0 Å². The summed E-state index contributed by atoms with van der Waals surface area (Å²) in [6, 6.07) is 17.2. The number of hydrogen-bond acceptors (Lipinski definition) is 5. The summed E-state index contributed by atoms with van der Waals surface area (Å²) < 4.78 is 6.20. The molecule has 3 aromatic rings. The number of nitrogen functional groups attached to an aromatic ring is 1. The lowest BCUT2D eigenvalue weighted by molar-refractivity contribution is 0.625. The van der Waals surface area contributed by atoms with Crippen LogP contribution in [0, 0.1) is 4.51 Å². The van der Waals surface area contributed by atoms with Crippen molar-refractivity contribution in [3.8, 4) is 0 Å². The average molecular weight is 295 g/mol. The van der Waals surface area contributed by atoms with Crippen LogP contribution in [0.1, 0.15) is 5.56 Å². The molecule has 104 valence electrons. The lowest BCUT2D eigenvalue weighted by Gasteiger charge is -2.04. The standard InChI is InChI=1S/C16H13N3OS/c17-16-13(10-18-19-11-6-2-1-3-7-11)15(21)12-8-4-5-9-14(12)20-16/h1-10,19H,17H2. The van der Waals surface area contributed by atoms with Crippen LogP contribution >= 0.6 is 12.2 Å². The van der Waals surface area contributed by atoms with Crippen molar-refractivity contribution in [2.24, 2.45) is 5.10 Å². The maximum absolute atomic E-state index is 5.91. The maximum atomic E-state index is 5.91. The third-order valence-corrected chi connectivity index (χ3v) is 3.46. The fraction of sp³-hybridized carbons (Fsp3) is 0. The predicted molar refractivity (Wildman–Crippen MR) is 89.1 cm³/mol. The van der Waals surface area contributed by atoms with E-state index < -0.39 is 0 Å². The zero-order valence-corrected chi connectivity index (χ0v) is 11.9. The van der Waals surface area contributed by atoms with Gasteiger partial charge in [-0.15, -0.1) is 0 Å². The van der Waals surface area contributed by atoms with Crippen molar-refractivity contribution in [2.45, 2.75) is 0 Å². The monoisotopic (exact) mass is 295 g/mol. The van der Waals surface area contributed by atoms with Crippen LogP contribution in [-0.4, -0.2) is 6.21 Å². The highest BCUT2D eigenvalue weighted by molar-refractivity contribution is 7.71. The summed E-state index contributed by atoms with van der Waals surface area (Å²) in [5, 5.41) is 5.01. The number of fused-ring (bicyclic) bond motifs is 1. The zero-order valence-electron chi connectivity index (χ0n) is 11.1. The third-order valence-electron chi connectivity index (χ3n) is 3.02. The number of benzene rings is 2. The number of anilines is 2. The van der Waals surface area contributed by atoms with Gasteiger partial charge in [-0.25, -0.2) is 0 Å². The van der Waals surface area contributed by atoms with Crippen molar-refractivity contribution in [1.29, 1.82) is 0 Å². The van der Waals surface area contributed by atoms with Gasteiger partial charge >= 0.3 is 0 Å². The van der Waals surface area contributed by atoms with Crippen LogP contribution in [0.3, 0.4) is 0 Å². The molecule has 21 heavy (non-hydrogen) atoms. The van der Waals surface area contributed by atoms with Crippen LogP contribution < -0.4 is 11.2 Å². The first-order valence-corrected chi connectivity index (χ1v) is 6.82. The molecule has 0 aliphatic rings. The van der Waals surface area contributed by atoms with Crippen LogP contribution in [-0.2, 0) is 0 Å². The summed E-state index contributed by atoms with van der Waals surface area (Å²) in [4.78, 5) is 0. The van der Waals surface area contributed by atoms with Crippen molar-refractivity contribution in [3.05, 3.63) is 64.7 Å².